The van der Waals surface area contributed by atoms with Gasteiger partial charge in [0.1, 0.15) is 17.4 Å². The Morgan fingerprint density at radius 2 is 1.97 bits per heavy atom. The molecular formula is C24H29N5O2. The van der Waals surface area contributed by atoms with Gasteiger partial charge in [-0.15, -0.1) is 0 Å². The molecule has 2 aromatic rings. The Bertz CT molecular complexity index is 1030. The van der Waals surface area contributed by atoms with E-state index in [0.29, 0.717) is 11.6 Å². The average Bonchev–Trinajstić information content (AvgIpc) is 2.99. The van der Waals surface area contributed by atoms with Crippen LogP contribution in [-0.2, 0) is 11.2 Å². The van der Waals surface area contributed by atoms with E-state index in [2.05, 4.69) is 44.5 Å². The fraction of sp³-hybridized carbons (Fsp3) is 0.500. The maximum atomic E-state index is 12.6. The lowest BCUT2D eigenvalue weighted by Gasteiger charge is -2.43. The Hall–Kier alpha value is -3.14. The van der Waals surface area contributed by atoms with E-state index >= 15 is 0 Å². The Morgan fingerprint density at radius 3 is 2.65 bits per heavy atom. The fourth-order valence-corrected chi connectivity index (χ4v) is 4.81. The van der Waals surface area contributed by atoms with Gasteiger partial charge in [-0.3, -0.25) is 0 Å². The quantitative estimate of drug-likeness (QED) is 0.789. The smallest absolute Gasteiger partial charge is 0.408 e. The zero-order valence-electron chi connectivity index (χ0n) is 18.6. The summed E-state index contributed by atoms with van der Waals surface area (Å²) in [5, 5.41) is 12.4. The zero-order valence-corrected chi connectivity index (χ0v) is 18.6. The van der Waals surface area contributed by atoms with Crippen LogP contribution in [0.25, 0.3) is 0 Å². The van der Waals surface area contributed by atoms with E-state index in [1.807, 2.05) is 33.8 Å². The Kier molecular flexibility index (Phi) is 5.34. The molecule has 0 radical (unpaired) electrons. The third-order valence-corrected chi connectivity index (χ3v) is 6.18. The first-order valence-corrected chi connectivity index (χ1v) is 10.8. The SMILES string of the molecule is Cc1cc(C#N)nc(N2CCC3(CC2)Cc2ccccc2[C@H]3NC(=O)OC(C)(C)C)n1. The number of piperidine rings is 1. The molecule has 1 amide bonds. The van der Waals surface area contributed by atoms with Gasteiger partial charge in [0, 0.05) is 24.2 Å². The van der Waals surface area contributed by atoms with Crippen molar-refractivity contribution in [2.45, 2.75) is 58.6 Å². The number of ether oxygens (including phenoxy) is 1. The summed E-state index contributed by atoms with van der Waals surface area (Å²) in [5.41, 5.74) is 3.04. The number of rotatable bonds is 2. The third-order valence-electron chi connectivity index (χ3n) is 6.18. The van der Waals surface area contributed by atoms with Crippen LogP contribution in [0.4, 0.5) is 10.7 Å². The number of carbonyl (C=O) groups is 1. The first-order valence-electron chi connectivity index (χ1n) is 10.8. The lowest BCUT2D eigenvalue weighted by atomic mass is 9.73. The first kappa shape index (κ1) is 21.1. The number of nitrogens with zero attached hydrogens (tertiary/aromatic N) is 4. The van der Waals surface area contributed by atoms with Gasteiger partial charge in [-0.05, 0) is 64.2 Å². The molecule has 162 valence electrons. The van der Waals surface area contributed by atoms with Crippen molar-refractivity contribution in [2.24, 2.45) is 5.41 Å². The molecule has 1 aliphatic heterocycles. The van der Waals surface area contributed by atoms with Gasteiger partial charge >= 0.3 is 6.09 Å². The highest BCUT2D eigenvalue weighted by Gasteiger charge is 2.48. The number of fused-ring (bicyclic) bond motifs is 1. The van der Waals surface area contributed by atoms with Gasteiger partial charge in [0.25, 0.3) is 0 Å². The Labute approximate surface area is 183 Å². The van der Waals surface area contributed by atoms with E-state index in [1.165, 1.54) is 11.1 Å². The summed E-state index contributed by atoms with van der Waals surface area (Å²) >= 11 is 0. The topological polar surface area (TPSA) is 91.1 Å². The lowest BCUT2D eigenvalue weighted by Crippen LogP contribution is -2.48. The van der Waals surface area contributed by atoms with Crippen LogP contribution in [0, 0.1) is 23.7 Å². The van der Waals surface area contributed by atoms with Crippen molar-refractivity contribution in [2.75, 3.05) is 18.0 Å². The molecule has 7 nitrogen and oxygen atoms in total. The summed E-state index contributed by atoms with van der Waals surface area (Å²) in [5.74, 6) is 0.610. The van der Waals surface area contributed by atoms with E-state index in [9.17, 15) is 10.1 Å². The largest absolute Gasteiger partial charge is 0.444 e. The second kappa shape index (κ2) is 7.84. The zero-order chi connectivity index (χ0) is 22.2. The van der Waals surface area contributed by atoms with Crippen LogP contribution in [0.5, 0.6) is 0 Å². The van der Waals surface area contributed by atoms with E-state index in [-0.39, 0.29) is 17.6 Å². The molecule has 7 heteroatoms. The second-order valence-corrected chi connectivity index (χ2v) is 9.61. The predicted octanol–water partition coefficient (Wildman–Crippen LogP) is 4.07. The molecule has 31 heavy (non-hydrogen) atoms. The van der Waals surface area contributed by atoms with Crippen molar-refractivity contribution in [1.29, 1.82) is 5.26 Å². The summed E-state index contributed by atoms with van der Waals surface area (Å²) in [4.78, 5) is 23.7. The fourth-order valence-electron chi connectivity index (χ4n) is 4.81. The molecule has 0 saturated carbocycles. The number of nitrogens with one attached hydrogen (secondary N) is 1. The number of aryl methyl sites for hydroxylation is 1. The van der Waals surface area contributed by atoms with E-state index in [0.717, 1.165) is 38.0 Å². The Balaban J connectivity index is 1.56. The van der Waals surface area contributed by atoms with Gasteiger partial charge in [0.2, 0.25) is 5.95 Å². The van der Waals surface area contributed by atoms with E-state index in [4.69, 9.17) is 4.74 Å². The number of aromatic nitrogens is 2. The summed E-state index contributed by atoms with van der Waals surface area (Å²) < 4.78 is 5.57. The highest BCUT2D eigenvalue weighted by molar-refractivity contribution is 5.69. The minimum Gasteiger partial charge on any atom is -0.444 e. The first-order chi connectivity index (χ1) is 14.7. The van der Waals surface area contributed by atoms with Crippen LogP contribution in [0.3, 0.4) is 0 Å². The monoisotopic (exact) mass is 419 g/mol. The number of benzene rings is 1. The number of hydrogen-bond acceptors (Lipinski definition) is 6. The molecule has 4 rings (SSSR count). The molecule has 2 aliphatic rings. The number of alkyl carbamates (subject to hydrolysis) is 1. The molecule has 1 saturated heterocycles. The van der Waals surface area contributed by atoms with Crippen molar-refractivity contribution < 1.29 is 9.53 Å². The molecule has 1 N–H and O–H groups in total. The normalized spacial score (nSPS) is 19.6. The van der Waals surface area contributed by atoms with Crippen molar-refractivity contribution in [3.63, 3.8) is 0 Å². The van der Waals surface area contributed by atoms with Gasteiger partial charge in [-0.2, -0.15) is 5.26 Å². The van der Waals surface area contributed by atoms with Crippen LogP contribution >= 0.6 is 0 Å². The standard InChI is InChI=1S/C24H29N5O2/c1-16-13-18(15-25)27-21(26-16)29-11-9-24(10-12-29)14-17-7-5-6-8-19(17)20(24)28-22(30)31-23(2,3)4/h5-8,13,20H,9-12,14H2,1-4H3,(H,28,30)/t20-/m1/s1. The summed E-state index contributed by atoms with van der Waals surface area (Å²) in [6, 6.07) is 12.1. The molecule has 2 heterocycles. The van der Waals surface area contributed by atoms with Crippen LogP contribution in [0.2, 0.25) is 0 Å². The number of carbonyl (C=O) groups excluding carboxylic acids is 1. The van der Waals surface area contributed by atoms with Crippen molar-refractivity contribution in [1.82, 2.24) is 15.3 Å². The van der Waals surface area contributed by atoms with Crippen LogP contribution in [0.1, 0.15) is 62.2 Å². The molecule has 0 unspecified atom stereocenters. The lowest BCUT2D eigenvalue weighted by molar-refractivity contribution is 0.0428. The minimum atomic E-state index is -0.542. The van der Waals surface area contributed by atoms with Crippen molar-refractivity contribution in [3.05, 3.63) is 52.8 Å². The highest BCUT2D eigenvalue weighted by atomic mass is 16.6. The number of nitriles is 1. The predicted molar refractivity (Wildman–Crippen MR) is 118 cm³/mol. The third kappa shape index (κ3) is 4.34. The molecule has 1 spiro atoms. The van der Waals surface area contributed by atoms with Crippen molar-refractivity contribution >= 4 is 12.0 Å². The number of amides is 1. The van der Waals surface area contributed by atoms with Crippen molar-refractivity contribution in [3.8, 4) is 6.07 Å². The van der Waals surface area contributed by atoms with Crippen LogP contribution < -0.4 is 10.2 Å². The van der Waals surface area contributed by atoms with Gasteiger partial charge in [-0.1, -0.05) is 24.3 Å². The maximum Gasteiger partial charge on any atom is 0.408 e. The molecule has 1 aromatic heterocycles. The molecule has 1 fully saturated rings. The molecule has 1 aliphatic carbocycles. The van der Waals surface area contributed by atoms with E-state index in [1.54, 1.807) is 6.07 Å². The maximum absolute atomic E-state index is 12.6. The van der Waals surface area contributed by atoms with Gasteiger partial charge in [0.05, 0.1) is 6.04 Å². The molecular weight excluding hydrogens is 390 g/mol. The highest BCUT2D eigenvalue weighted by Crippen LogP contribution is 2.52. The van der Waals surface area contributed by atoms with Crippen LogP contribution in [-0.4, -0.2) is 34.8 Å². The Morgan fingerprint density at radius 1 is 1.26 bits per heavy atom. The second-order valence-electron chi connectivity index (χ2n) is 9.61. The number of anilines is 1. The minimum absolute atomic E-state index is 0.0705. The summed E-state index contributed by atoms with van der Waals surface area (Å²) in [6.07, 6.45) is 2.33. The van der Waals surface area contributed by atoms with Gasteiger partial charge in [0.15, 0.2) is 0 Å². The van der Waals surface area contributed by atoms with Gasteiger partial charge in [-0.25, -0.2) is 14.8 Å². The molecule has 1 atom stereocenters. The van der Waals surface area contributed by atoms with E-state index < -0.39 is 5.60 Å². The summed E-state index contributed by atoms with van der Waals surface area (Å²) in [7, 11) is 0. The number of hydrogen-bond donors (Lipinski definition) is 1. The van der Waals surface area contributed by atoms with Crippen LogP contribution in [0.15, 0.2) is 30.3 Å². The molecule has 0 bridgehead atoms. The van der Waals surface area contributed by atoms with Gasteiger partial charge < -0.3 is 15.0 Å². The average molecular weight is 420 g/mol. The molecule has 1 aromatic carbocycles. The summed E-state index contributed by atoms with van der Waals surface area (Å²) in [6.45, 7) is 9.05.